The van der Waals surface area contributed by atoms with Crippen LogP contribution in [0.4, 0.5) is 5.69 Å². The van der Waals surface area contributed by atoms with E-state index in [0.29, 0.717) is 42.9 Å². The molecule has 0 saturated carbocycles. The Hall–Kier alpha value is -6.09. The van der Waals surface area contributed by atoms with E-state index in [0.717, 1.165) is 52.2 Å². The van der Waals surface area contributed by atoms with Gasteiger partial charge in [-0.1, -0.05) is 0 Å². The predicted octanol–water partition coefficient (Wildman–Crippen LogP) is 2.33. The van der Waals surface area contributed by atoms with Crippen LogP contribution in [0.25, 0.3) is 21.9 Å². The number of hydrogen-bond acceptors (Lipinski definition) is 11. The number of carbonyl (C=O) groups is 5. The Morgan fingerprint density at radius 3 is 2.36 bits per heavy atom. The number of aryl methyl sites for hydroxylation is 1. The van der Waals surface area contributed by atoms with Crippen molar-refractivity contribution in [1.29, 1.82) is 0 Å². The highest BCUT2D eigenvalue weighted by Gasteiger charge is 2.50. The highest BCUT2D eigenvalue weighted by Crippen LogP contribution is 2.41. The van der Waals surface area contributed by atoms with Crippen LogP contribution in [0.2, 0.25) is 0 Å². The molecule has 5 aliphatic rings. The molecule has 2 aromatic carbocycles. The Labute approximate surface area is 321 Å². The first-order chi connectivity index (χ1) is 27.0. The Morgan fingerprint density at radius 2 is 1.62 bits per heavy atom. The fraction of sp³-hybridized carbons (Fsp3) is 0.390. The van der Waals surface area contributed by atoms with Crippen molar-refractivity contribution in [3.63, 3.8) is 0 Å². The second-order valence-corrected chi connectivity index (χ2v) is 15.3. The van der Waals surface area contributed by atoms with Crippen molar-refractivity contribution in [2.75, 3.05) is 45.3 Å². The van der Waals surface area contributed by atoms with Crippen molar-refractivity contribution in [2.24, 2.45) is 13.0 Å². The molecular weight excluding hydrogens is 718 g/mol. The van der Waals surface area contributed by atoms with Crippen molar-refractivity contribution in [1.82, 2.24) is 29.6 Å². The summed E-state index contributed by atoms with van der Waals surface area (Å²) in [6.07, 6.45) is 6.53. The summed E-state index contributed by atoms with van der Waals surface area (Å²) < 4.78 is 13.3. The third-order valence-corrected chi connectivity index (χ3v) is 12.2. The van der Waals surface area contributed by atoms with Gasteiger partial charge in [-0.2, -0.15) is 0 Å². The zero-order chi connectivity index (χ0) is 39.0. The van der Waals surface area contributed by atoms with Gasteiger partial charge in [-0.15, -0.1) is 0 Å². The third kappa shape index (κ3) is 5.71. The molecule has 0 spiro atoms. The van der Waals surface area contributed by atoms with Crippen molar-refractivity contribution in [3.8, 4) is 22.6 Å². The Kier molecular flexibility index (Phi) is 8.64. The topological polar surface area (TPSA) is 164 Å². The average Bonchev–Trinajstić information content (AvgIpc) is 3.63. The number of nitrogens with one attached hydrogen (secondary N) is 1. The molecular formula is C41H41N7O8. The second kappa shape index (κ2) is 13.6. The number of imide groups is 2. The molecule has 56 heavy (non-hydrogen) atoms. The first kappa shape index (κ1) is 35.6. The van der Waals surface area contributed by atoms with Crippen molar-refractivity contribution in [3.05, 3.63) is 82.0 Å². The van der Waals surface area contributed by atoms with Gasteiger partial charge in [0.15, 0.2) is 0 Å². The van der Waals surface area contributed by atoms with Crippen LogP contribution >= 0.6 is 0 Å². The van der Waals surface area contributed by atoms with Crippen molar-refractivity contribution >= 4 is 46.0 Å². The number of likely N-dealkylation sites (tertiary alicyclic amines) is 2. The number of piperidine rings is 1. The number of ether oxygens (including phenoxy) is 2. The summed E-state index contributed by atoms with van der Waals surface area (Å²) in [6.45, 7) is 3.42. The number of methoxy groups -OCH3 is 2. The molecule has 4 aromatic rings. The van der Waals surface area contributed by atoms with Gasteiger partial charge < -0.3 is 23.8 Å². The number of aromatic nitrogens is 2. The first-order valence-electron chi connectivity index (χ1n) is 18.9. The minimum Gasteiger partial charge on any atom is -0.496 e. The lowest BCUT2D eigenvalue weighted by molar-refractivity contribution is -0.137. The van der Waals surface area contributed by atoms with Gasteiger partial charge >= 0.3 is 0 Å². The number of pyridine rings is 2. The molecule has 0 bridgehead atoms. The summed E-state index contributed by atoms with van der Waals surface area (Å²) in [7, 11) is 4.99. The number of amides is 5. The van der Waals surface area contributed by atoms with Gasteiger partial charge in [0.1, 0.15) is 17.5 Å². The van der Waals surface area contributed by atoms with E-state index in [2.05, 4.69) is 20.1 Å². The summed E-state index contributed by atoms with van der Waals surface area (Å²) in [4.78, 5) is 88.6. The molecule has 9 rings (SSSR count). The fourth-order valence-electron chi connectivity index (χ4n) is 9.22. The van der Waals surface area contributed by atoms with Crippen LogP contribution in [0.1, 0.15) is 52.0 Å². The zero-order valence-electron chi connectivity index (χ0n) is 31.3. The normalized spacial score (nSPS) is 22.2. The number of benzene rings is 2. The maximum absolute atomic E-state index is 13.6. The molecule has 15 nitrogen and oxygen atoms in total. The van der Waals surface area contributed by atoms with Gasteiger partial charge in [0.2, 0.25) is 17.7 Å². The lowest BCUT2D eigenvalue weighted by Crippen LogP contribution is -2.63. The monoisotopic (exact) mass is 759 g/mol. The minimum absolute atomic E-state index is 0.0669. The number of carbonyl (C=O) groups excluding carboxylic acids is 5. The molecule has 5 aliphatic heterocycles. The predicted molar refractivity (Wildman–Crippen MR) is 203 cm³/mol. The summed E-state index contributed by atoms with van der Waals surface area (Å²) in [6, 6.07) is 10.1. The van der Waals surface area contributed by atoms with E-state index in [4.69, 9.17) is 9.47 Å². The van der Waals surface area contributed by atoms with E-state index in [9.17, 15) is 28.8 Å². The molecule has 2 aromatic heterocycles. The molecule has 4 fully saturated rings. The van der Waals surface area contributed by atoms with Crippen LogP contribution in [0.15, 0.2) is 59.8 Å². The van der Waals surface area contributed by atoms with Gasteiger partial charge in [-0.05, 0) is 66.1 Å². The standard InChI is InChI=1S/C41H41N7O8/c1-44-19-29(25-8-10-42-16-28(25)39(44)52)23-13-34(55-2)30(35(14-23)56-3)20-45-17-22(18-45)12-37(50)46-11-9-31-33(46)21-47(31)24-4-5-26-27(15-24)41(54)48(40(26)53)32-6-7-36(49)43-38(32)51/h4-5,8,10,13-16,19,22,31-33H,6-7,9,11-12,17-18,20-21H2,1-3H3,(H,43,49,51). The van der Waals surface area contributed by atoms with E-state index >= 15 is 0 Å². The molecule has 0 aliphatic carbocycles. The number of nitrogens with zero attached hydrogens (tertiary/aromatic N) is 6. The SMILES string of the molecule is COc1cc(-c2cn(C)c(=O)c3cnccc23)cc(OC)c1CN1CC(CC(=O)N2CCC3C2CN3c2ccc3c(c2)C(=O)N(C2CCC(=O)NC2=O)C3=O)C1. The van der Waals surface area contributed by atoms with Gasteiger partial charge in [0.05, 0.1) is 48.4 Å². The van der Waals surface area contributed by atoms with Gasteiger partial charge in [-0.3, -0.25) is 48.9 Å². The Morgan fingerprint density at radius 1 is 0.875 bits per heavy atom. The van der Waals surface area contributed by atoms with E-state index in [1.54, 1.807) is 50.4 Å². The Balaban J connectivity index is 0.817. The molecule has 3 atom stereocenters. The number of rotatable bonds is 9. The number of anilines is 1. The quantitative estimate of drug-likeness (QED) is 0.249. The fourth-order valence-corrected chi connectivity index (χ4v) is 9.22. The van der Waals surface area contributed by atoms with Gasteiger partial charge in [0, 0.05) is 82.5 Å². The summed E-state index contributed by atoms with van der Waals surface area (Å²) in [5.41, 5.74) is 3.83. The molecule has 7 heterocycles. The number of hydrogen-bond donors (Lipinski definition) is 1. The molecule has 4 saturated heterocycles. The highest BCUT2D eigenvalue weighted by molar-refractivity contribution is 6.23. The molecule has 288 valence electrons. The summed E-state index contributed by atoms with van der Waals surface area (Å²) in [5, 5.41) is 3.56. The molecule has 5 amide bonds. The van der Waals surface area contributed by atoms with Crippen LogP contribution in [-0.4, -0.2) is 112 Å². The van der Waals surface area contributed by atoms with Crippen LogP contribution in [0.5, 0.6) is 11.5 Å². The van der Waals surface area contributed by atoms with E-state index in [1.807, 2.05) is 35.4 Å². The lowest BCUT2D eigenvalue weighted by atomic mass is 9.92. The average molecular weight is 760 g/mol. The lowest BCUT2D eigenvalue weighted by Gasteiger charge is -2.48. The molecule has 3 unspecified atom stereocenters. The van der Waals surface area contributed by atoms with Crippen LogP contribution in [0, 0.1) is 5.92 Å². The second-order valence-electron chi connectivity index (χ2n) is 15.3. The van der Waals surface area contributed by atoms with E-state index < -0.39 is 29.7 Å². The van der Waals surface area contributed by atoms with Crippen molar-refractivity contribution < 1.29 is 33.4 Å². The van der Waals surface area contributed by atoms with Gasteiger partial charge in [-0.25, -0.2) is 0 Å². The van der Waals surface area contributed by atoms with Gasteiger partial charge in [0.25, 0.3) is 17.4 Å². The maximum Gasteiger partial charge on any atom is 0.262 e. The van der Waals surface area contributed by atoms with Crippen LogP contribution in [0.3, 0.4) is 0 Å². The molecule has 0 radical (unpaired) electrons. The van der Waals surface area contributed by atoms with E-state index in [-0.39, 0.29) is 53.4 Å². The summed E-state index contributed by atoms with van der Waals surface area (Å²) in [5.74, 6) is -0.367. The molecule has 15 heteroatoms. The van der Waals surface area contributed by atoms with Crippen molar-refractivity contribution in [2.45, 2.75) is 50.4 Å². The maximum atomic E-state index is 13.6. The highest BCUT2D eigenvalue weighted by atomic mass is 16.5. The first-order valence-corrected chi connectivity index (χ1v) is 18.9. The van der Waals surface area contributed by atoms with Crippen LogP contribution < -0.4 is 25.2 Å². The summed E-state index contributed by atoms with van der Waals surface area (Å²) >= 11 is 0. The molecule has 1 N–H and O–H groups in total. The largest absolute Gasteiger partial charge is 0.496 e. The zero-order valence-corrected chi connectivity index (χ0v) is 31.3. The Bertz CT molecular complexity index is 2400. The smallest absolute Gasteiger partial charge is 0.262 e. The van der Waals surface area contributed by atoms with Crippen LogP contribution in [-0.2, 0) is 28.0 Å². The van der Waals surface area contributed by atoms with E-state index in [1.165, 1.54) is 0 Å². The minimum atomic E-state index is -1.01. The number of fused-ring (bicyclic) bond motifs is 3. The third-order valence-electron chi connectivity index (χ3n) is 12.2.